The van der Waals surface area contributed by atoms with Gasteiger partial charge in [-0.15, -0.1) is 0 Å². The maximum atomic E-state index is 13.1. The van der Waals surface area contributed by atoms with Gasteiger partial charge in [0.05, 0.1) is 13.2 Å². The van der Waals surface area contributed by atoms with E-state index in [0.29, 0.717) is 17.9 Å². The molecule has 0 radical (unpaired) electrons. The summed E-state index contributed by atoms with van der Waals surface area (Å²) in [6, 6.07) is 4.40. The molecule has 0 fully saturated rings. The smallest absolute Gasteiger partial charge is 0.124 e. The van der Waals surface area contributed by atoms with Gasteiger partial charge in [0.2, 0.25) is 0 Å². The zero-order chi connectivity index (χ0) is 12.1. The summed E-state index contributed by atoms with van der Waals surface area (Å²) in [6.07, 6.45) is -0.770. The number of aliphatic hydroxyl groups is 1. The number of aliphatic hydroxyl groups excluding tert-OH is 1. The molecule has 4 heteroatoms. The van der Waals surface area contributed by atoms with Crippen LogP contribution < -0.4 is 10.1 Å². The van der Waals surface area contributed by atoms with Crippen molar-refractivity contribution in [1.29, 1.82) is 0 Å². The van der Waals surface area contributed by atoms with Crippen LogP contribution in [0.1, 0.15) is 25.5 Å². The molecule has 0 saturated heterocycles. The predicted molar refractivity (Wildman–Crippen MR) is 61.1 cm³/mol. The number of ether oxygens (including phenoxy) is 1. The van der Waals surface area contributed by atoms with Crippen molar-refractivity contribution in [3.63, 3.8) is 0 Å². The molecule has 0 aromatic heterocycles. The number of nitrogens with one attached hydrogen (secondary N) is 1. The van der Waals surface area contributed by atoms with E-state index in [1.54, 1.807) is 0 Å². The van der Waals surface area contributed by atoms with Gasteiger partial charge in [0, 0.05) is 18.2 Å². The highest BCUT2D eigenvalue weighted by Gasteiger charge is 2.14. The average Bonchev–Trinajstić information content (AvgIpc) is 2.25. The van der Waals surface area contributed by atoms with E-state index in [2.05, 4.69) is 5.32 Å². The molecule has 0 aliphatic heterocycles. The van der Waals surface area contributed by atoms with Crippen LogP contribution in [-0.2, 0) is 0 Å². The third-order valence-corrected chi connectivity index (χ3v) is 2.27. The minimum absolute atomic E-state index is 0.272. The van der Waals surface area contributed by atoms with E-state index >= 15 is 0 Å². The molecular weight excluding hydrogens is 209 g/mol. The molecule has 0 aliphatic rings. The summed E-state index contributed by atoms with van der Waals surface area (Å²) in [5.74, 6) is 0.124. The topological polar surface area (TPSA) is 41.5 Å². The van der Waals surface area contributed by atoms with Crippen molar-refractivity contribution in [2.75, 3.05) is 13.7 Å². The van der Waals surface area contributed by atoms with Crippen molar-refractivity contribution in [1.82, 2.24) is 5.32 Å². The van der Waals surface area contributed by atoms with Crippen LogP contribution in [0.2, 0.25) is 0 Å². The number of hydrogen-bond donors (Lipinski definition) is 2. The van der Waals surface area contributed by atoms with Crippen LogP contribution in [0.25, 0.3) is 0 Å². The molecule has 1 unspecified atom stereocenters. The van der Waals surface area contributed by atoms with E-state index in [1.165, 1.54) is 25.3 Å². The quantitative estimate of drug-likeness (QED) is 0.806. The molecule has 2 N–H and O–H groups in total. The highest BCUT2D eigenvalue weighted by atomic mass is 19.1. The molecular formula is C12H18FNO2. The number of halogens is 1. The van der Waals surface area contributed by atoms with Gasteiger partial charge in [-0.05, 0) is 18.2 Å². The molecule has 0 bridgehead atoms. The van der Waals surface area contributed by atoms with Gasteiger partial charge in [0.1, 0.15) is 11.6 Å². The third kappa shape index (κ3) is 3.47. The monoisotopic (exact) mass is 227 g/mol. The predicted octanol–water partition coefficient (Wildman–Crippen LogP) is 1.87. The largest absolute Gasteiger partial charge is 0.496 e. The first-order valence-corrected chi connectivity index (χ1v) is 5.29. The summed E-state index contributed by atoms with van der Waals surface area (Å²) in [5, 5.41) is 13.0. The fourth-order valence-electron chi connectivity index (χ4n) is 1.42. The van der Waals surface area contributed by atoms with Crippen molar-refractivity contribution in [2.24, 2.45) is 0 Å². The summed E-state index contributed by atoms with van der Waals surface area (Å²) in [7, 11) is 1.50. The minimum atomic E-state index is -0.770. The second kappa shape index (κ2) is 5.82. The Labute approximate surface area is 95.2 Å². The maximum Gasteiger partial charge on any atom is 0.124 e. The highest BCUT2D eigenvalue weighted by Crippen LogP contribution is 2.25. The van der Waals surface area contributed by atoms with Crippen LogP contribution in [0.15, 0.2) is 18.2 Å². The highest BCUT2D eigenvalue weighted by molar-refractivity contribution is 5.35. The number of methoxy groups -OCH3 is 1. The molecule has 90 valence electrons. The van der Waals surface area contributed by atoms with Gasteiger partial charge in [-0.3, -0.25) is 0 Å². The SMILES string of the molecule is COc1ccc(F)cc1C(O)CNC(C)C. The van der Waals surface area contributed by atoms with E-state index in [-0.39, 0.29) is 11.9 Å². The number of hydrogen-bond acceptors (Lipinski definition) is 3. The molecule has 3 nitrogen and oxygen atoms in total. The molecule has 1 aromatic carbocycles. The Morgan fingerprint density at radius 1 is 1.44 bits per heavy atom. The summed E-state index contributed by atoms with van der Waals surface area (Å²) in [4.78, 5) is 0. The molecule has 1 aromatic rings. The van der Waals surface area contributed by atoms with Gasteiger partial charge in [-0.1, -0.05) is 13.8 Å². The van der Waals surface area contributed by atoms with Gasteiger partial charge < -0.3 is 15.2 Å². The van der Waals surface area contributed by atoms with Crippen LogP contribution in [0, 0.1) is 5.82 Å². The summed E-state index contributed by atoms with van der Waals surface area (Å²) >= 11 is 0. The number of benzene rings is 1. The first-order valence-electron chi connectivity index (χ1n) is 5.29. The second-order valence-electron chi connectivity index (χ2n) is 3.97. The molecule has 0 heterocycles. The lowest BCUT2D eigenvalue weighted by molar-refractivity contribution is 0.167. The zero-order valence-electron chi connectivity index (χ0n) is 9.83. The normalized spacial score (nSPS) is 12.9. The molecule has 0 spiro atoms. The van der Waals surface area contributed by atoms with E-state index in [4.69, 9.17) is 4.74 Å². The van der Waals surface area contributed by atoms with Crippen LogP contribution in [0.4, 0.5) is 4.39 Å². The van der Waals surface area contributed by atoms with Crippen molar-refractivity contribution in [2.45, 2.75) is 26.0 Å². The lowest BCUT2D eigenvalue weighted by Gasteiger charge is -2.17. The maximum absolute atomic E-state index is 13.1. The lowest BCUT2D eigenvalue weighted by Crippen LogP contribution is -2.28. The standard InChI is InChI=1S/C12H18FNO2/c1-8(2)14-7-11(15)10-6-9(13)4-5-12(10)16-3/h4-6,8,11,14-15H,7H2,1-3H3. The van der Waals surface area contributed by atoms with Gasteiger partial charge in [0.15, 0.2) is 0 Å². The first kappa shape index (κ1) is 12.9. The fraction of sp³-hybridized carbons (Fsp3) is 0.500. The average molecular weight is 227 g/mol. The Balaban J connectivity index is 2.80. The van der Waals surface area contributed by atoms with Gasteiger partial charge in [-0.2, -0.15) is 0 Å². The Hall–Kier alpha value is -1.13. The van der Waals surface area contributed by atoms with Crippen molar-refractivity contribution in [3.8, 4) is 5.75 Å². The molecule has 0 aliphatic carbocycles. The Bertz CT molecular complexity index is 342. The summed E-state index contributed by atoms with van der Waals surface area (Å²) in [6.45, 7) is 4.34. The number of rotatable bonds is 5. The van der Waals surface area contributed by atoms with E-state index in [9.17, 15) is 9.50 Å². The van der Waals surface area contributed by atoms with Crippen molar-refractivity contribution in [3.05, 3.63) is 29.6 Å². The minimum Gasteiger partial charge on any atom is -0.496 e. The molecule has 0 saturated carbocycles. The zero-order valence-corrected chi connectivity index (χ0v) is 9.83. The second-order valence-corrected chi connectivity index (χ2v) is 3.97. The summed E-state index contributed by atoms with van der Waals surface area (Å²) < 4.78 is 18.1. The summed E-state index contributed by atoms with van der Waals surface area (Å²) in [5.41, 5.74) is 0.468. The molecule has 1 atom stereocenters. The first-order chi connectivity index (χ1) is 7.54. The Morgan fingerprint density at radius 3 is 2.69 bits per heavy atom. The lowest BCUT2D eigenvalue weighted by atomic mass is 10.1. The molecule has 0 amide bonds. The fourth-order valence-corrected chi connectivity index (χ4v) is 1.42. The van der Waals surface area contributed by atoms with Gasteiger partial charge >= 0.3 is 0 Å². The Morgan fingerprint density at radius 2 is 2.12 bits per heavy atom. The van der Waals surface area contributed by atoms with Crippen molar-refractivity contribution >= 4 is 0 Å². The van der Waals surface area contributed by atoms with E-state index < -0.39 is 6.10 Å². The van der Waals surface area contributed by atoms with Gasteiger partial charge in [-0.25, -0.2) is 4.39 Å². The van der Waals surface area contributed by atoms with Crippen LogP contribution in [-0.4, -0.2) is 24.8 Å². The molecule has 1 rings (SSSR count). The Kier molecular flexibility index (Phi) is 4.71. The van der Waals surface area contributed by atoms with Crippen LogP contribution >= 0.6 is 0 Å². The van der Waals surface area contributed by atoms with E-state index in [0.717, 1.165) is 0 Å². The third-order valence-electron chi connectivity index (χ3n) is 2.27. The van der Waals surface area contributed by atoms with Crippen LogP contribution in [0.3, 0.4) is 0 Å². The van der Waals surface area contributed by atoms with Gasteiger partial charge in [0.25, 0.3) is 0 Å². The van der Waals surface area contributed by atoms with Crippen molar-refractivity contribution < 1.29 is 14.2 Å². The van der Waals surface area contributed by atoms with E-state index in [1.807, 2.05) is 13.8 Å². The van der Waals surface area contributed by atoms with Crippen LogP contribution in [0.5, 0.6) is 5.75 Å². The molecule has 16 heavy (non-hydrogen) atoms.